The molecule has 0 aromatic carbocycles. The average Bonchev–Trinajstić information content (AvgIpc) is 3.01. The van der Waals surface area contributed by atoms with Crippen LogP contribution in [0, 0.1) is 18.8 Å². The quantitative estimate of drug-likeness (QED) is 0.901. The lowest BCUT2D eigenvalue weighted by molar-refractivity contribution is 0.221. The van der Waals surface area contributed by atoms with Gasteiger partial charge in [-0.2, -0.15) is 0 Å². The van der Waals surface area contributed by atoms with E-state index in [0.29, 0.717) is 0 Å². The van der Waals surface area contributed by atoms with Crippen molar-refractivity contribution in [2.45, 2.75) is 32.7 Å². The first-order chi connectivity index (χ1) is 8.79. The summed E-state index contributed by atoms with van der Waals surface area (Å²) in [6, 6.07) is 0.804. The highest BCUT2D eigenvalue weighted by molar-refractivity contribution is 7.09. The smallest absolute Gasteiger partial charge is 0.0797 e. The molecule has 3 nitrogen and oxygen atoms in total. The van der Waals surface area contributed by atoms with E-state index >= 15 is 0 Å². The molecule has 2 aliphatic rings. The Balaban J connectivity index is 1.61. The molecule has 1 N–H and O–H groups in total. The Morgan fingerprint density at radius 1 is 1.50 bits per heavy atom. The highest BCUT2D eigenvalue weighted by Gasteiger charge is 2.42. The molecule has 0 saturated carbocycles. The van der Waals surface area contributed by atoms with E-state index in [1.165, 1.54) is 49.6 Å². The van der Waals surface area contributed by atoms with Crippen LogP contribution in [0.15, 0.2) is 5.51 Å². The van der Waals surface area contributed by atoms with Gasteiger partial charge < -0.3 is 5.32 Å². The molecule has 0 spiro atoms. The first-order valence-electron chi connectivity index (χ1n) is 7.13. The SMILES string of the molecule is CCC1C2CNCC2CN1CCc1scnc1C. The van der Waals surface area contributed by atoms with Crippen LogP contribution in [0.25, 0.3) is 0 Å². The molecule has 100 valence electrons. The van der Waals surface area contributed by atoms with Crippen molar-refractivity contribution in [2.75, 3.05) is 26.2 Å². The van der Waals surface area contributed by atoms with E-state index in [-0.39, 0.29) is 0 Å². The van der Waals surface area contributed by atoms with Crippen molar-refractivity contribution < 1.29 is 0 Å². The van der Waals surface area contributed by atoms with E-state index < -0.39 is 0 Å². The highest BCUT2D eigenvalue weighted by Crippen LogP contribution is 2.34. The van der Waals surface area contributed by atoms with Crippen LogP contribution in [0.3, 0.4) is 0 Å². The Bertz CT molecular complexity index is 403. The summed E-state index contributed by atoms with van der Waals surface area (Å²) >= 11 is 1.81. The van der Waals surface area contributed by atoms with Crippen molar-refractivity contribution in [2.24, 2.45) is 11.8 Å². The highest BCUT2D eigenvalue weighted by atomic mass is 32.1. The van der Waals surface area contributed by atoms with Gasteiger partial charge in [-0.1, -0.05) is 6.92 Å². The monoisotopic (exact) mass is 265 g/mol. The van der Waals surface area contributed by atoms with Gasteiger partial charge in [-0.15, -0.1) is 11.3 Å². The third-order valence-electron chi connectivity index (χ3n) is 4.71. The number of aryl methyl sites for hydroxylation is 1. The molecule has 1 aromatic heterocycles. The molecule has 0 amide bonds. The van der Waals surface area contributed by atoms with Crippen LogP contribution in [0.2, 0.25) is 0 Å². The fourth-order valence-electron chi connectivity index (χ4n) is 3.74. The number of nitrogens with one attached hydrogen (secondary N) is 1. The zero-order valence-electron chi connectivity index (χ0n) is 11.4. The first-order valence-corrected chi connectivity index (χ1v) is 8.01. The molecule has 3 atom stereocenters. The van der Waals surface area contributed by atoms with Gasteiger partial charge in [-0.3, -0.25) is 4.90 Å². The summed E-state index contributed by atoms with van der Waals surface area (Å²) in [6.45, 7) is 9.46. The Hall–Kier alpha value is -0.450. The van der Waals surface area contributed by atoms with E-state index in [1.807, 2.05) is 16.8 Å². The summed E-state index contributed by atoms with van der Waals surface area (Å²) < 4.78 is 0. The molecule has 2 saturated heterocycles. The van der Waals surface area contributed by atoms with Gasteiger partial charge in [0, 0.05) is 24.0 Å². The average molecular weight is 265 g/mol. The van der Waals surface area contributed by atoms with Crippen LogP contribution < -0.4 is 5.32 Å². The van der Waals surface area contributed by atoms with Crippen molar-refractivity contribution in [3.8, 4) is 0 Å². The fourth-order valence-corrected chi connectivity index (χ4v) is 4.51. The molecule has 2 aliphatic heterocycles. The zero-order chi connectivity index (χ0) is 12.5. The Morgan fingerprint density at radius 3 is 3.11 bits per heavy atom. The Kier molecular flexibility index (Phi) is 3.68. The molecule has 3 heterocycles. The van der Waals surface area contributed by atoms with E-state index in [9.17, 15) is 0 Å². The van der Waals surface area contributed by atoms with Crippen LogP contribution >= 0.6 is 11.3 Å². The van der Waals surface area contributed by atoms with Crippen LogP contribution in [-0.2, 0) is 6.42 Å². The minimum atomic E-state index is 0.804. The second-order valence-corrected chi connectivity index (χ2v) is 6.60. The van der Waals surface area contributed by atoms with Crippen LogP contribution in [0.1, 0.15) is 23.9 Å². The molecular weight excluding hydrogens is 242 g/mol. The predicted molar refractivity (Wildman–Crippen MR) is 76.1 cm³/mol. The van der Waals surface area contributed by atoms with E-state index in [2.05, 4.69) is 29.0 Å². The first kappa shape index (κ1) is 12.6. The van der Waals surface area contributed by atoms with Crippen molar-refractivity contribution in [3.63, 3.8) is 0 Å². The van der Waals surface area contributed by atoms with Gasteiger partial charge in [0.15, 0.2) is 0 Å². The predicted octanol–water partition coefficient (Wildman–Crippen LogP) is 1.92. The van der Waals surface area contributed by atoms with Gasteiger partial charge in [-0.05, 0) is 44.7 Å². The normalized spacial score (nSPS) is 32.0. The number of thiazole rings is 1. The molecule has 3 unspecified atom stereocenters. The maximum Gasteiger partial charge on any atom is 0.0797 e. The van der Waals surface area contributed by atoms with E-state index in [1.54, 1.807) is 0 Å². The third-order valence-corrected chi connectivity index (χ3v) is 5.71. The minimum Gasteiger partial charge on any atom is -0.316 e. The summed E-state index contributed by atoms with van der Waals surface area (Å²) in [4.78, 5) is 8.55. The summed E-state index contributed by atoms with van der Waals surface area (Å²) in [7, 11) is 0. The van der Waals surface area contributed by atoms with Gasteiger partial charge in [0.1, 0.15) is 0 Å². The summed E-state index contributed by atoms with van der Waals surface area (Å²) in [6.07, 6.45) is 2.48. The topological polar surface area (TPSA) is 28.2 Å². The second-order valence-electron chi connectivity index (χ2n) is 5.66. The summed E-state index contributed by atoms with van der Waals surface area (Å²) in [5.41, 5.74) is 3.21. The Labute approximate surface area is 114 Å². The van der Waals surface area contributed by atoms with Crippen LogP contribution in [-0.4, -0.2) is 42.1 Å². The maximum absolute atomic E-state index is 4.35. The number of likely N-dealkylation sites (tertiary alicyclic amines) is 1. The Morgan fingerprint density at radius 2 is 2.39 bits per heavy atom. The van der Waals surface area contributed by atoms with Crippen molar-refractivity contribution >= 4 is 11.3 Å². The number of aromatic nitrogens is 1. The van der Waals surface area contributed by atoms with Gasteiger partial charge >= 0.3 is 0 Å². The van der Waals surface area contributed by atoms with Gasteiger partial charge in [-0.25, -0.2) is 4.98 Å². The molecular formula is C14H23N3S. The van der Waals surface area contributed by atoms with Crippen molar-refractivity contribution in [3.05, 3.63) is 16.1 Å². The number of fused-ring (bicyclic) bond motifs is 1. The van der Waals surface area contributed by atoms with Crippen LogP contribution in [0.4, 0.5) is 0 Å². The van der Waals surface area contributed by atoms with E-state index in [0.717, 1.165) is 17.9 Å². The molecule has 0 radical (unpaired) electrons. The number of hydrogen-bond acceptors (Lipinski definition) is 4. The standard InChI is InChI=1S/C14H23N3S/c1-3-13-12-7-15-6-11(12)8-17(13)5-4-14-10(2)16-9-18-14/h9,11-13,15H,3-8H2,1-2H3. The third kappa shape index (κ3) is 2.22. The molecule has 2 fully saturated rings. The number of hydrogen-bond donors (Lipinski definition) is 1. The lowest BCUT2D eigenvalue weighted by atomic mass is 9.93. The van der Waals surface area contributed by atoms with Gasteiger partial charge in [0.05, 0.1) is 11.2 Å². The summed E-state index contributed by atoms with van der Waals surface area (Å²) in [5, 5.41) is 3.55. The lowest BCUT2D eigenvalue weighted by Crippen LogP contribution is -2.36. The molecule has 3 rings (SSSR count). The molecule has 1 aromatic rings. The summed E-state index contributed by atoms with van der Waals surface area (Å²) in [5.74, 6) is 1.80. The maximum atomic E-state index is 4.35. The zero-order valence-corrected chi connectivity index (χ0v) is 12.2. The largest absolute Gasteiger partial charge is 0.316 e. The van der Waals surface area contributed by atoms with Gasteiger partial charge in [0.25, 0.3) is 0 Å². The van der Waals surface area contributed by atoms with Crippen LogP contribution in [0.5, 0.6) is 0 Å². The number of nitrogens with zero attached hydrogens (tertiary/aromatic N) is 2. The van der Waals surface area contributed by atoms with Crippen molar-refractivity contribution in [1.82, 2.24) is 15.2 Å². The molecule has 4 heteroatoms. The lowest BCUT2D eigenvalue weighted by Gasteiger charge is -2.26. The minimum absolute atomic E-state index is 0.804. The molecule has 0 aliphatic carbocycles. The fraction of sp³-hybridized carbons (Fsp3) is 0.786. The second kappa shape index (κ2) is 5.27. The van der Waals surface area contributed by atoms with Crippen molar-refractivity contribution in [1.29, 1.82) is 0 Å². The molecule has 0 bridgehead atoms. The van der Waals surface area contributed by atoms with E-state index in [4.69, 9.17) is 0 Å². The van der Waals surface area contributed by atoms with Gasteiger partial charge in [0.2, 0.25) is 0 Å². The number of rotatable bonds is 4. The molecule has 18 heavy (non-hydrogen) atoms.